The fourth-order valence-corrected chi connectivity index (χ4v) is 1.32. The fourth-order valence-electron chi connectivity index (χ4n) is 1.13. The van der Waals surface area contributed by atoms with Crippen molar-refractivity contribution in [3.63, 3.8) is 0 Å². The number of halogens is 2. The third kappa shape index (κ3) is 2.29. The molecule has 70 valence electrons. The summed E-state index contributed by atoms with van der Waals surface area (Å²) in [5.74, 6) is -0.399. The molecule has 1 N–H and O–H groups in total. The molecular formula is C10H11ClFN. The third-order valence-electron chi connectivity index (χ3n) is 1.85. The van der Waals surface area contributed by atoms with Gasteiger partial charge in [0, 0.05) is 0 Å². The van der Waals surface area contributed by atoms with Gasteiger partial charge in [-0.25, -0.2) is 4.39 Å². The van der Waals surface area contributed by atoms with Gasteiger partial charge in [0.1, 0.15) is 5.82 Å². The van der Waals surface area contributed by atoms with Gasteiger partial charge < -0.3 is 5.32 Å². The Morgan fingerprint density at radius 1 is 1.62 bits per heavy atom. The molecule has 0 radical (unpaired) electrons. The van der Waals surface area contributed by atoms with Crippen molar-refractivity contribution in [2.75, 3.05) is 7.05 Å². The Bertz CT molecular complexity index is 312. The van der Waals surface area contributed by atoms with Crippen LogP contribution < -0.4 is 5.32 Å². The van der Waals surface area contributed by atoms with E-state index in [2.05, 4.69) is 11.9 Å². The Morgan fingerprint density at radius 2 is 2.31 bits per heavy atom. The van der Waals surface area contributed by atoms with Gasteiger partial charge in [0.25, 0.3) is 0 Å². The Labute approximate surface area is 82.2 Å². The van der Waals surface area contributed by atoms with Gasteiger partial charge in [-0.15, -0.1) is 6.58 Å². The van der Waals surface area contributed by atoms with Crippen LogP contribution in [-0.4, -0.2) is 7.05 Å². The molecular weight excluding hydrogens is 189 g/mol. The molecule has 0 amide bonds. The van der Waals surface area contributed by atoms with E-state index in [4.69, 9.17) is 11.6 Å². The van der Waals surface area contributed by atoms with Crippen LogP contribution in [0.15, 0.2) is 30.9 Å². The van der Waals surface area contributed by atoms with Crippen LogP contribution in [0.25, 0.3) is 0 Å². The maximum Gasteiger partial charge on any atom is 0.141 e. The lowest BCUT2D eigenvalue weighted by Crippen LogP contribution is -2.13. The van der Waals surface area contributed by atoms with E-state index in [1.165, 1.54) is 6.07 Å². The second-order valence-corrected chi connectivity index (χ2v) is 3.08. The molecule has 13 heavy (non-hydrogen) atoms. The molecule has 0 aliphatic rings. The van der Waals surface area contributed by atoms with E-state index >= 15 is 0 Å². The third-order valence-corrected chi connectivity index (χ3v) is 2.14. The van der Waals surface area contributed by atoms with Crippen LogP contribution in [0.2, 0.25) is 5.02 Å². The molecule has 0 saturated carbocycles. The Hall–Kier alpha value is -0.860. The molecule has 0 fully saturated rings. The van der Waals surface area contributed by atoms with Gasteiger partial charge >= 0.3 is 0 Å². The quantitative estimate of drug-likeness (QED) is 0.739. The molecule has 0 bridgehead atoms. The number of hydrogen-bond donors (Lipinski definition) is 1. The minimum atomic E-state index is -0.399. The molecule has 0 spiro atoms. The van der Waals surface area contributed by atoms with Crippen LogP contribution in [0, 0.1) is 5.82 Å². The molecule has 1 rings (SSSR count). The second-order valence-electron chi connectivity index (χ2n) is 2.68. The second kappa shape index (κ2) is 4.40. The van der Waals surface area contributed by atoms with E-state index in [9.17, 15) is 4.39 Å². The van der Waals surface area contributed by atoms with Crippen LogP contribution in [0.5, 0.6) is 0 Å². The summed E-state index contributed by atoms with van der Waals surface area (Å²) in [4.78, 5) is 0. The zero-order valence-corrected chi connectivity index (χ0v) is 8.11. The summed E-state index contributed by atoms with van der Waals surface area (Å²) in [6, 6.07) is 4.65. The largest absolute Gasteiger partial charge is 0.310 e. The highest BCUT2D eigenvalue weighted by Crippen LogP contribution is 2.20. The summed E-state index contributed by atoms with van der Waals surface area (Å²) in [5, 5.41) is 3.15. The molecule has 1 atom stereocenters. The first-order chi connectivity index (χ1) is 6.19. The van der Waals surface area contributed by atoms with Gasteiger partial charge in [0.2, 0.25) is 0 Å². The smallest absolute Gasteiger partial charge is 0.141 e. The predicted octanol–water partition coefficient (Wildman–Crippen LogP) is 2.93. The van der Waals surface area contributed by atoms with Gasteiger partial charge in [0.15, 0.2) is 0 Å². The van der Waals surface area contributed by atoms with Crippen molar-refractivity contribution < 1.29 is 4.39 Å². The molecule has 1 nitrogen and oxygen atoms in total. The van der Waals surface area contributed by atoms with Crippen molar-refractivity contribution in [2.24, 2.45) is 0 Å². The molecule has 0 heterocycles. The van der Waals surface area contributed by atoms with E-state index in [0.717, 1.165) is 5.56 Å². The summed E-state index contributed by atoms with van der Waals surface area (Å²) >= 11 is 5.63. The van der Waals surface area contributed by atoms with Crippen LogP contribution in [0.1, 0.15) is 11.6 Å². The number of benzene rings is 1. The molecule has 0 aromatic heterocycles. The average molecular weight is 200 g/mol. The van der Waals surface area contributed by atoms with Crippen molar-refractivity contribution in [1.82, 2.24) is 5.32 Å². The van der Waals surface area contributed by atoms with Crippen molar-refractivity contribution in [2.45, 2.75) is 6.04 Å². The van der Waals surface area contributed by atoms with Gasteiger partial charge in [-0.2, -0.15) is 0 Å². The van der Waals surface area contributed by atoms with Crippen LogP contribution >= 0.6 is 11.6 Å². The van der Waals surface area contributed by atoms with Crippen LogP contribution in [0.3, 0.4) is 0 Å². The number of likely N-dealkylation sites (N-methyl/N-ethyl adjacent to an activating group) is 1. The highest BCUT2D eigenvalue weighted by atomic mass is 35.5. The molecule has 1 unspecified atom stereocenters. The molecule has 3 heteroatoms. The van der Waals surface area contributed by atoms with Crippen molar-refractivity contribution in [1.29, 1.82) is 0 Å². The van der Waals surface area contributed by atoms with E-state index in [1.807, 2.05) is 7.05 Å². The number of rotatable bonds is 3. The summed E-state index contributed by atoms with van der Waals surface area (Å²) in [6.45, 7) is 3.66. The lowest BCUT2D eigenvalue weighted by atomic mass is 10.1. The monoisotopic (exact) mass is 199 g/mol. The van der Waals surface area contributed by atoms with E-state index in [1.54, 1.807) is 18.2 Å². The molecule has 1 aromatic carbocycles. The number of hydrogen-bond acceptors (Lipinski definition) is 1. The Kier molecular flexibility index (Phi) is 3.46. The van der Waals surface area contributed by atoms with E-state index in [-0.39, 0.29) is 11.1 Å². The molecule has 0 saturated heterocycles. The molecule has 0 aliphatic heterocycles. The molecule has 0 aliphatic carbocycles. The first kappa shape index (κ1) is 10.2. The predicted molar refractivity (Wildman–Crippen MR) is 53.4 cm³/mol. The highest BCUT2D eigenvalue weighted by molar-refractivity contribution is 6.30. The van der Waals surface area contributed by atoms with Crippen molar-refractivity contribution in [3.8, 4) is 0 Å². The molecule has 1 aromatic rings. The highest BCUT2D eigenvalue weighted by Gasteiger charge is 2.06. The standard InChI is InChI=1S/C10H11ClFN/c1-3-10(13-2)7-4-5-9(12)8(11)6-7/h3-6,10,13H,1H2,2H3. The van der Waals surface area contributed by atoms with Crippen molar-refractivity contribution in [3.05, 3.63) is 47.3 Å². The summed E-state index contributed by atoms with van der Waals surface area (Å²) in [6.07, 6.45) is 1.74. The van der Waals surface area contributed by atoms with Crippen LogP contribution in [0.4, 0.5) is 4.39 Å². The van der Waals surface area contributed by atoms with E-state index < -0.39 is 5.82 Å². The lowest BCUT2D eigenvalue weighted by molar-refractivity contribution is 0.625. The minimum absolute atomic E-state index is 0.0121. The maximum absolute atomic E-state index is 12.8. The van der Waals surface area contributed by atoms with Crippen molar-refractivity contribution >= 4 is 11.6 Å². The first-order valence-electron chi connectivity index (χ1n) is 3.93. The lowest BCUT2D eigenvalue weighted by Gasteiger charge is -2.11. The summed E-state index contributed by atoms with van der Waals surface area (Å²) < 4.78 is 12.8. The summed E-state index contributed by atoms with van der Waals surface area (Å²) in [7, 11) is 1.81. The topological polar surface area (TPSA) is 12.0 Å². The number of nitrogens with one attached hydrogen (secondary N) is 1. The zero-order valence-electron chi connectivity index (χ0n) is 7.35. The zero-order chi connectivity index (χ0) is 9.84. The summed E-state index contributed by atoms with van der Waals surface area (Å²) in [5.41, 5.74) is 0.906. The minimum Gasteiger partial charge on any atom is -0.310 e. The van der Waals surface area contributed by atoms with Gasteiger partial charge in [-0.05, 0) is 24.7 Å². The van der Waals surface area contributed by atoms with Crippen LogP contribution in [-0.2, 0) is 0 Å². The Balaban J connectivity index is 3.01. The van der Waals surface area contributed by atoms with Gasteiger partial charge in [-0.1, -0.05) is 23.7 Å². The SMILES string of the molecule is C=CC(NC)c1ccc(F)c(Cl)c1. The fraction of sp³-hybridized carbons (Fsp3) is 0.200. The maximum atomic E-state index is 12.8. The first-order valence-corrected chi connectivity index (χ1v) is 4.31. The van der Waals surface area contributed by atoms with E-state index in [0.29, 0.717) is 0 Å². The van der Waals surface area contributed by atoms with Gasteiger partial charge in [0.05, 0.1) is 11.1 Å². The Morgan fingerprint density at radius 3 is 2.77 bits per heavy atom. The van der Waals surface area contributed by atoms with Gasteiger partial charge in [-0.3, -0.25) is 0 Å². The average Bonchev–Trinajstić information content (AvgIpc) is 2.13. The normalized spacial score (nSPS) is 12.5.